The van der Waals surface area contributed by atoms with Crippen LogP contribution in [0.25, 0.3) is 0 Å². The smallest absolute Gasteiger partial charge is 0.242 e. The van der Waals surface area contributed by atoms with E-state index in [2.05, 4.69) is 16.2 Å². The Kier molecular flexibility index (Phi) is 8.74. The van der Waals surface area contributed by atoms with Gasteiger partial charge in [0.05, 0.1) is 15.7 Å². The maximum atomic E-state index is 13.9. The Morgan fingerprint density at radius 1 is 1.04 bits per heavy atom. The van der Waals surface area contributed by atoms with E-state index >= 15 is 0 Å². The zero-order valence-electron chi connectivity index (χ0n) is 16.0. The fraction of sp³-hybridized carbons (Fsp3) is 0.882. The number of alkyl halides is 3. The van der Waals surface area contributed by atoms with Gasteiger partial charge in [-0.1, -0.05) is 58.2 Å². The van der Waals surface area contributed by atoms with E-state index in [-0.39, 0.29) is 6.42 Å². The molecule has 1 unspecified atom stereocenters. The van der Waals surface area contributed by atoms with Crippen molar-refractivity contribution in [2.45, 2.75) is 95.9 Å². The fourth-order valence-electron chi connectivity index (χ4n) is 1.83. The SMILES string of the molecule is CCCCCC[C@](C#C[Si](C)(C)C)(NS(=O)C(C)(C)C)C(F)(F)F. The lowest BCUT2D eigenvalue weighted by Gasteiger charge is -2.34. The van der Waals surface area contributed by atoms with Gasteiger partial charge in [-0.15, -0.1) is 5.54 Å². The Morgan fingerprint density at radius 2 is 1.58 bits per heavy atom. The lowest BCUT2D eigenvalue weighted by atomic mass is 9.93. The lowest BCUT2D eigenvalue weighted by molar-refractivity contribution is -0.175. The van der Waals surface area contributed by atoms with E-state index in [0.717, 1.165) is 12.8 Å². The average Bonchev–Trinajstić information content (AvgIpc) is 2.37. The van der Waals surface area contributed by atoms with Crippen LogP contribution < -0.4 is 4.72 Å². The highest BCUT2D eigenvalue weighted by Crippen LogP contribution is 2.36. The van der Waals surface area contributed by atoms with Gasteiger partial charge in [0.25, 0.3) is 0 Å². The zero-order valence-corrected chi connectivity index (χ0v) is 17.8. The Labute approximate surface area is 149 Å². The third kappa shape index (κ3) is 8.17. The second-order valence-corrected chi connectivity index (χ2v) is 14.9. The molecule has 0 saturated carbocycles. The summed E-state index contributed by atoms with van der Waals surface area (Å²) in [5.74, 6) is 2.48. The summed E-state index contributed by atoms with van der Waals surface area (Å²) < 4.78 is 55.7. The molecule has 2 atom stereocenters. The summed E-state index contributed by atoms with van der Waals surface area (Å²) in [6.07, 6.45) is -1.80. The van der Waals surface area contributed by atoms with Crippen LogP contribution in [-0.4, -0.2) is 28.7 Å². The van der Waals surface area contributed by atoms with Gasteiger partial charge in [0, 0.05) is 0 Å². The van der Waals surface area contributed by atoms with E-state index in [1.807, 2.05) is 26.6 Å². The standard InChI is InChI=1S/C17H32F3NOSSi/c1-8-9-10-11-12-16(17(18,19)20,13-14-24(5,6)7)21-23(22)15(2,3)4/h21H,8-12H2,1-7H3/t16-,23?/m1/s1. The predicted octanol–water partition coefficient (Wildman–Crippen LogP) is 5.19. The normalized spacial score (nSPS) is 16.9. The van der Waals surface area contributed by atoms with Gasteiger partial charge in [0.15, 0.2) is 5.54 Å². The van der Waals surface area contributed by atoms with Crippen molar-refractivity contribution in [2.75, 3.05) is 0 Å². The molecule has 2 nitrogen and oxygen atoms in total. The van der Waals surface area contributed by atoms with E-state index in [4.69, 9.17) is 0 Å². The summed E-state index contributed by atoms with van der Waals surface area (Å²) in [5.41, 5.74) is 0.435. The number of hydrogen-bond donors (Lipinski definition) is 1. The number of unbranched alkanes of at least 4 members (excludes halogenated alkanes) is 3. The molecule has 0 aromatic rings. The molecule has 24 heavy (non-hydrogen) atoms. The Balaban J connectivity index is 5.77. The Hall–Kier alpha value is -0.323. The lowest BCUT2D eigenvalue weighted by Crippen LogP contribution is -2.58. The summed E-state index contributed by atoms with van der Waals surface area (Å²) in [5, 5.41) is 0. The van der Waals surface area contributed by atoms with Crippen LogP contribution >= 0.6 is 0 Å². The second-order valence-electron chi connectivity index (χ2n) is 8.20. The van der Waals surface area contributed by atoms with Crippen LogP contribution in [0.15, 0.2) is 0 Å². The number of halogens is 3. The molecule has 0 aliphatic carbocycles. The molecule has 0 aromatic carbocycles. The van der Waals surface area contributed by atoms with Crippen LogP contribution in [0.3, 0.4) is 0 Å². The summed E-state index contributed by atoms with van der Waals surface area (Å²) in [6.45, 7) is 12.7. The van der Waals surface area contributed by atoms with Gasteiger partial charge in [-0.25, -0.2) is 8.93 Å². The Bertz CT molecular complexity index is 483. The molecule has 0 aromatic heterocycles. The molecular formula is C17H32F3NOSSi. The van der Waals surface area contributed by atoms with Crippen LogP contribution in [0, 0.1) is 11.5 Å². The van der Waals surface area contributed by atoms with E-state index in [0.29, 0.717) is 12.8 Å². The first-order valence-corrected chi connectivity index (χ1v) is 13.1. The average molecular weight is 384 g/mol. The monoisotopic (exact) mass is 383 g/mol. The topological polar surface area (TPSA) is 29.1 Å². The predicted molar refractivity (Wildman–Crippen MR) is 99.7 cm³/mol. The number of rotatable bonds is 7. The van der Waals surface area contributed by atoms with Gasteiger partial charge < -0.3 is 0 Å². The van der Waals surface area contributed by atoms with Crippen molar-refractivity contribution in [2.24, 2.45) is 0 Å². The van der Waals surface area contributed by atoms with Crippen LogP contribution in [0.4, 0.5) is 13.2 Å². The fourth-order valence-corrected chi connectivity index (χ4v) is 3.31. The molecule has 0 aliphatic rings. The molecule has 0 radical (unpaired) electrons. The maximum Gasteiger partial charge on any atom is 0.418 e. The minimum atomic E-state index is -4.58. The van der Waals surface area contributed by atoms with Crippen molar-refractivity contribution < 1.29 is 17.4 Å². The molecule has 0 heterocycles. The summed E-state index contributed by atoms with van der Waals surface area (Å²) >= 11 is 0. The highest BCUT2D eigenvalue weighted by atomic mass is 32.2. The molecular weight excluding hydrogens is 351 g/mol. The van der Waals surface area contributed by atoms with Crippen LogP contribution in [0.1, 0.15) is 59.8 Å². The first-order chi connectivity index (χ1) is 10.6. The molecule has 0 amide bonds. The highest BCUT2D eigenvalue weighted by Gasteiger charge is 2.55. The third-order valence-corrected chi connectivity index (χ3v) is 5.88. The molecule has 1 N–H and O–H groups in total. The first-order valence-electron chi connectivity index (χ1n) is 8.45. The Morgan fingerprint density at radius 3 is 1.96 bits per heavy atom. The van der Waals surface area contributed by atoms with Gasteiger partial charge in [-0.3, -0.25) is 0 Å². The minimum absolute atomic E-state index is 0.171. The van der Waals surface area contributed by atoms with Crippen molar-refractivity contribution in [1.29, 1.82) is 0 Å². The van der Waals surface area contributed by atoms with E-state index in [1.165, 1.54) is 0 Å². The zero-order chi connectivity index (χ0) is 19.2. The number of nitrogens with one attached hydrogen (secondary N) is 1. The maximum absolute atomic E-state index is 13.9. The van der Waals surface area contributed by atoms with Crippen LogP contribution in [-0.2, 0) is 11.0 Å². The highest BCUT2D eigenvalue weighted by molar-refractivity contribution is 7.84. The third-order valence-electron chi connectivity index (χ3n) is 3.36. The van der Waals surface area contributed by atoms with Crippen molar-refractivity contribution in [3.8, 4) is 11.5 Å². The molecule has 0 spiro atoms. The number of hydrogen-bond acceptors (Lipinski definition) is 1. The molecule has 0 saturated heterocycles. The molecule has 7 heteroatoms. The van der Waals surface area contributed by atoms with Gasteiger partial charge in [-0.05, 0) is 27.2 Å². The molecule has 142 valence electrons. The molecule has 0 bridgehead atoms. The van der Waals surface area contributed by atoms with E-state index in [1.54, 1.807) is 20.8 Å². The van der Waals surface area contributed by atoms with Gasteiger partial charge in [0.2, 0.25) is 0 Å². The molecule has 0 fully saturated rings. The van der Waals surface area contributed by atoms with Crippen molar-refractivity contribution in [3.05, 3.63) is 0 Å². The van der Waals surface area contributed by atoms with Gasteiger partial charge in [-0.2, -0.15) is 13.2 Å². The van der Waals surface area contributed by atoms with Crippen molar-refractivity contribution in [3.63, 3.8) is 0 Å². The first kappa shape index (κ1) is 23.7. The largest absolute Gasteiger partial charge is 0.418 e. The summed E-state index contributed by atoms with van der Waals surface area (Å²) in [7, 11) is -3.84. The molecule has 0 rings (SSSR count). The van der Waals surface area contributed by atoms with Gasteiger partial charge in [0.1, 0.15) is 8.07 Å². The minimum Gasteiger partial charge on any atom is -0.242 e. The second kappa shape index (κ2) is 8.86. The van der Waals surface area contributed by atoms with Crippen molar-refractivity contribution in [1.82, 2.24) is 4.72 Å². The molecule has 0 aliphatic heterocycles. The van der Waals surface area contributed by atoms with E-state index < -0.39 is 35.5 Å². The van der Waals surface area contributed by atoms with Crippen LogP contribution in [0.5, 0.6) is 0 Å². The van der Waals surface area contributed by atoms with Gasteiger partial charge >= 0.3 is 6.18 Å². The summed E-state index contributed by atoms with van der Waals surface area (Å²) in [4.78, 5) is 0. The van der Waals surface area contributed by atoms with E-state index in [9.17, 15) is 17.4 Å². The summed E-state index contributed by atoms with van der Waals surface area (Å²) in [6, 6.07) is 0. The van der Waals surface area contributed by atoms with Crippen LogP contribution in [0.2, 0.25) is 19.6 Å². The quantitative estimate of drug-likeness (QED) is 0.366. The van der Waals surface area contributed by atoms with Crippen molar-refractivity contribution >= 4 is 19.1 Å².